The quantitative estimate of drug-likeness (QED) is 0.794. The van der Waals surface area contributed by atoms with Gasteiger partial charge in [0.25, 0.3) is 5.91 Å². The Labute approximate surface area is 119 Å². The van der Waals surface area contributed by atoms with Crippen LogP contribution in [0, 0.1) is 5.92 Å². The molecule has 0 aromatic heterocycles. The summed E-state index contributed by atoms with van der Waals surface area (Å²) in [6, 6.07) is 4.12. The highest BCUT2D eigenvalue weighted by Crippen LogP contribution is 2.32. The van der Waals surface area contributed by atoms with Gasteiger partial charge in [0.2, 0.25) is 0 Å². The van der Waals surface area contributed by atoms with Crippen molar-refractivity contribution in [3.63, 3.8) is 0 Å². The molecule has 1 aliphatic carbocycles. The van der Waals surface area contributed by atoms with Crippen molar-refractivity contribution in [2.24, 2.45) is 5.92 Å². The fraction of sp³-hybridized carbons (Fsp3) is 0.500. The molecule has 1 saturated carbocycles. The number of halogens is 3. The van der Waals surface area contributed by atoms with E-state index in [0.29, 0.717) is 6.42 Å². The number of hydrogen-bond acceptors (Lipinski definition) is 3. The second-order valence-electron chi connectivity index (χ2n) is 5.20. The number of carbonyl (C=O) groups is 1. The van der Waals surface area contributed by atoms with Crippen molar-refractivity contribution < 1.29 is 28.2 Å². The molecule has 7 heteroatoms. The van der Waals surface area contributed by atoms with Gasteiger partial charge < -0.3 is 15.5 Å². The fourth-order valence-corrected chi connectivity index (χ4v) is 2.61. The molecule has 0 spiro atoms. The molecule has 1 fully saturated rings. The molecule has 116 valence electrons. The zero-order valence-electron chi connectivity index (χ0n) is 11.1. The number of carbonyl (C=O) groups excluding carboxylic acids is 1. The van der Waals surface area contributed by atoms with Crippen molar-refractivity contribution >= 4 is 5.91 Å². The lowest BCUT2D eigenvalue weighted by atomic mass is 10.1. The van der Waals surface area contributed by atoms with Crippen LogP contribution in [0.4, 0.5) is 13.2 Å². The van der Waals surface area contributed by atoms with Gasteiger partial charge in [-0.1, -0.05) is 12.1 Å². The van der Waals surface area contributed by atoms with E-state index in [-0.39, 0.29) is 18.9 Å². The standard InChI is InChI=1S/C14H16F3NO3/c15-14(16,17)11-4-2-1-3-10(11)13(21)18-9-5-8(7-19)12(20)6-9/h1-4,8-9,12,19-20H,5-7H2,(H,18,21). The molecule has 21 heavy (non-hydrogen) atoms. The third-order valence-corrected chi connectivity index (χ3v) is 3.70. The Hall–Kier alpha value is -1.60. The molecule has 3 N–H and O–H groups in total. The van der Waals surface area contributed by atoms with Crippen LogP contribution >= 0.6 is 0 Å². The van der Waals surface area contributed by atoms with Gasteiger partial charge in [-0.25, -0.2) is 0 Å². The van der Waals surface area contributed by atoms with Gasteiger partial charge in [-0.05, 0) is 25.0 Å². The third kappa shape index (κ3) is 3.54. The molecule has 1 aromatic carbocycles. The second-order valence-corrected chi connectivity index (χ2v) is 5.20. The predicted octanol–water partition coefficient (Wildman–Crippen LogP) is 1.57. The molecule has 1 aliphatic rings. The highest BCUT2D eigenvalue weighted by molar-refractivity contribution is 5.96. The molecule has 3 atom stereocenters. The molecule has 0 heterocycles. The van der Waals surface area contributed by atoms with E-state index in [0.717, 1.165) is 12.1 Å². The Morgan fingerprint density at radius 3 is 2.52 bits per heavy atom. The summed E-state index contributed by atoms with van der Waals surface area (Å²) in [5, 5.41) is 21.2. The van der Waals surface area contributed by atoms with Crippen molar-refractivity contribution in [2.75, 3.05) is 6.61 Å². The number of aliphatic hydroxyl groups is 2. The minimum absolute atomic E-state index is 0.216. The maximum absolute atomic E-state index is 12.8. The highest BCUT2D eigenvalue weighted by Gasteiger charge is 2.37. The first-order valence-electron chi connectivity index (χ1n) is 6.59. The maximum atomic E-state index is 12.8. The van der Waals surface area contributed by atoms with Gasteiger partial charge in [-0.15, -0.1) is 0 Å². The van der Waals surface area contributed by atoms with Crippen LogP contribution in [-0.4, -0.2) is 34.9 Å². The third-order valence-electron chi connectivity index (χ3n) is 3.70. The molecule has 3 unspecified atom stereocenters. The largest absolute Gasteiger partial charge is 0.417 e. The Morgan fingerprint density at radius 2 is 1.95 bits per heavy atom. The summed E-state index contributed by atoms with van der Waals surface area (Å²) in [6.45, 7) is -0.216. The number of alkyl halides is 3. The van der Waals surface area contributed by atoms with Crippen LogP contribution in [-0.2, 0) is 6.18 Å². The Morgan fingerprint density at radius 1 is 1.29 bits per heavy atom. The molecule has 0 aliphatic heterocycles. The van der Waals surface area contributed by atoms with Gasteiger partial charge in [0.05, 0.1) is 17.2 Å². The van der Waals surface area contributed by atoms with E-state index in [1.165, 1.54) is 12.1 Å². The minimum atomic E-state index is -4.60. The van der Waals surface area contributed by atoms with Crippen molar-refractivity contribution in [2.45, 2.75) is 31.2 Å². The Balaban J connectivity index is 2.12. The lowest BCUT2D eigenvalue weighted by Gasteiger charge is -2.16. The Kier molecular flexibility index (Phi) is 4.53. The molecule has 0 radical (unpaired) electrons. The predicted molar refractivity (Wildman–Crippen MR) is 68.5 cm³/mol. The van der Waals surface area contributed by atoms with E-state index in [9.17, 15) is 23.1 Å². The minimum Gasteiger partial charge on any atom is -0.396 e. The average molecular weight is 303 g/mol. The normalized spacial score (nSPS) is 25.9. The summed E-state index contributed by atoms with van der Waals surface area (Å²) in [6.07, 6.45) is -4.78. The summed E-state index contributed by atoms with van der Waals surface area (Å²) in [5.41, 5.74) is -1.42. The van der Waals surface area contributed by atoms with Crippen LogP contribution in [0.5, 0.6) is 0 Å². The summed E-state index contributed by atoms with van der Waals surface area (Å²) >= 11 is 0. The number of aliphatic hydroxyl groups excluding tert-OH is 2. The van der Waals surface area contributed by atoms with Crippen LogP contribution in [0.3, 0.4) is 0 Å². The van der Waals surface area contributed by atoms with Gasteiger partial charge in [0.15, 0.2) is 0 Å². The fourth-order valence-electron chi connectivity index (χ4n) is 2.61. The van der Waals surface area contributed by atoms with E-state index in [4.69, 9.17) is 5.11 Å². The molecular weight excluding hydrogens is 287 g/mol. The van der Waals surface area contributed by atoms with E-state index in [1.807, 2.05) is 0 Å². The van der Waals surface area contributed by atoms with Crippen molar-refractivity contribution in [1.82, 2.24) is 5.32 Å². The highest BCUT2D eigenvalue weighted by atomic mass is 19.4. The number of benzene rings is 1. The van der Waals surface area contributed by atoms with Crippen LogP contribution in [0.1, 0.15) is 28.8 Å². The number of nitrogens with one attached hydrogen (secondary N) is 1. The maximum Gasteiger partial charge on any atom is 0.417 e. The van der Waals surface area contributed by atoms with E-state index in [1.54, 1.807) is 0 Å². The zero-order chi connectivity index (χ0) is 15.6. The molecule has 4 nitrogen and oxygen atoms in total. The lowest BCUT2D eigenvalue weighted by Crippen LogP contribution is -2.34. The number of hydrogen-bond donors (Lipinski definition) is 3. The monoisotopic (exact) mass is 303 g/mol. The summed E-state index contributed by atoms with van der Waals surface area (Å²) < 4.78 is 38.5. The van der Waals surface area contributed by atoms with Crippen LogP contribution < -0.4 is 5.32 Å². The van der Waals surface area contributed by atoms with Gasteiger partial charge in [0, 0.05) is 18.6 Å². The first kappa shape index (κ1) is 15.8. The molecule has 2 rings (SSSR count). The first-order chi connectivity index (χ1) is 9.82. The topological polar surface area (TPSA) is 69.6 Å². The van der Waals surface area contributed by atoms with Crippen molar-refractivity contribution in [3.8, 4) is 0 Å². The smallest absolute Gasteiger partial charge is 0.396 e. The molecule has 0 saturated heterocycles. The van der Waals surface area contributed by atoms with Crippen LogP contribution in [0.25, 0.3) is 0 Å². The van der Waals surface area contributed by atoms with E-state index < -0.39 is 35.4 Å². The molecule has 0 bridgehead atoms. The van der Waals surface area contributed by atoms with E-state index >= 15 is 0 Å². The van der Waals surface area contributed by atoms with Gasteiger partial charge >= 0.3 is 6.18 Å². The second kappa shape index (κ2) is 6.03. The number of rotatable bonds is 3. The van der Waals surface area contributed by atoms with Gasteiger partial charge in [0.1, 0.15) is 0 Å². The lowest BCUT2D eigenvalue weighted by molar-refractivity contribution is -0.137. The van der Waals surface area contributed by atoms with Gasteiger partial charge in [-0.3, -0.25) is 4.79 Å². The van der Waals surface area contributed by atoms with Crippen molar-refractivity contribution in [3.05, 3.63) is 35.4 Å². The Bertz CT molecular complexity index is 518. The summed E-state index contributed by atoms with van der Waals surface area (Å²) in [7, 11) is 0. The molecular formula is C14H16F3NO3. The SMILES string of the molecule is O=C(NC1CC(O)C(CO)C1)c1ccccc1C(F)(F)F. The van der Waals surface area contributed by atoms with E-state index in [2.05, 4.69) is 5.32 Å². The number of amides is 1. The molecule has 1 amide bonds. The van der Waals surface area contributed by atoms with Gasteiger partial charge in [-0.2, -0.15) is 13.2 Å². The first-order valence-corrected chi connectivity index (χ1v) is 6.59. The van der Waals surface area contributed by atoms with Crippen molar-refractivity contribution in [1.29, 1.82) is 0 Å². The van der Waals surface area contributed by atoms with Crippen LogP contribution in [0.15, 0.2) is 24.3 Å². The summed E-state index contributed by atoms with van der Waals surface area (Å²) in [4.78, 5) is 12.0. The zero-order valence-corrected chi connectivity index (χ0v) is 11.1. The molecule has 1 aromatic rings. The summed E-state index contributed by atoms with van der Waals surface area (Å²) in [5.74, 6) is -1.17. The van der Waals surface area contributed by atoms with Crippen LogP contribution in [0.2, 0.25) is 0 Å². The average Bonchev–Trinajstić information content (AvgIpc) is 2.77.